The number of fused-ring (bicyclic) bond motifs is 1. The predicted octanol–water partition coefficient (Wildman–Crippen LogP) is 7.97. The quantitative estimate of drug-likeness (QED) is 0.160. The van der Waals surface area contributed by atoms with E-state index < -0.39 is 28.6 Å². The molecular formula is C38H60O6. The fourth-order valence-corrected chi connectivity index (χ4v) is 10.4. The first-order valence-corrected chi connectivity index (χ1v) is 17.3. The first-order valence-electron chi connectivity index (χ1n) is 17.3. The normalized spacial score (nSPS) is 35.9. The summed E-state index contributed by atoms with van der Waals surface area (Å²) in [5.74, 6) is 0.683. The van der Waals surface area contributed by atoms with E-state index >= 15 is 4.79 Å². The highest BCUT2D eigenvalue weighted by molar-refractivity contribution is 5.81. The average Bonchev–Trinajstić information content (AvgIpc) is 3.31. The van der Waals surface area contributed by atoms with Crippen molar-refractivity contribution < 1.29 is 28.8 Å². The van der Waals surface area contributed by atoms with Crippen molar-refractivity contribution in [3.05, 3.63) is 48.6 Å². The lowest BCUT2D eigenvalue weighted by molar-refractivity contribution is -0.233. The molecule has 1 aromatic carbocycles. The molecule has 44 heavy (non-hydrogen) atoms. The van der Waals surface area contributed by atoms with Gasteiger partial charge in [0.05, 0.1) is 30.8 Å². The van der Waals surface area contributed by atoms with Gasteiger partial charge in [-0.1, -0.05) is 91.3 Å². The van der Waals surface area contributed by atoms with Crippen LogP contribution < -0.4 is 0 Å². The molecule has 1 saturated heterocycles. The van der Waals surface area contributed by atoms with Gasteiger partial charge in [0, 0.05) is 12.0 Å². The largest absolute Gasteiger partial charge is 0.460 e. The number of hydrogen-bond acceptors (Lipinski definition) is 6. The third-order valence-corrected chi connectivity index (χ3v) is 12.5. The molecular weight excluding hydrogens is 552 g/mol. The number of benzene rings is 1. The highest BCUT2D eigenvalue weighted by atomic mass is 16.7. The molecule has 1 aliphatic heterocycles. The van der Waals surface area contributed by atoms with E-state index in [9.17, 15) is 5.11 Å². The lowest BCUT2D eigenvalue weighted by atomic mass is 9.48. The molecule has 0 bridgehead atoms. The minimum atomic E-state index is -0.921. The fourth-order valence-electron chi connectivity index (χ4n) is 10.4. The maximum Gasteiger partial charge on any atom is 0.314 e. The molecule has 9 unspecified atom stereocenters. The highest BCUT2D eigenvalue weighted by Crippen LogP contribution is 2.87. The zero-order valence-electron chi connectivity index (χ0n) is 28.8. The van der Waals surface area contributed by atoms with E-state index in [1.807, 2.05) is 44.2 Å². The molecule has 1 heterocycles. The molecule has 3 aliphatic rings. The standard InChI is InChI=1S/C38H60O6/c1-10-27(7)29-23-35(8,34-42-21-22-43-34)38(26(5)6,33(40)44-25-28-17-15-14-16-18-28)36(9)32(12-3)37(36,24-29)20-19-31(41-13-4)30(39)11-2/h12,14-18,26-27,29-32,34,39H,3,10-11,13,19-25H2,1-2,4-9H3. The highest BCUT2D eigenvalue weighted by Gasteiger charge is 2.87. The van der Waals surface area contributed by atoms with E-state index in [0.717, 1.165) is 37.7 Å². The van der Waals surface area contributed by atoms with Gasteiger partial charge < -0.3 is 24.1 Å². The Morgan fingerprint density at radius 2 is 1.73 bits per heavy atom. The Bertz CT molecular complexity index is 1100. The summed E-state index contributed by atoms with van der Waals surface area (Å²) < 4.78 is 25.4. The Labute approximate surface area is 267 Å². The van der Waals surface area contributed by atoms with Gasteiger partial charge in [0.15, 0.2) is 6.29 Å². The van der Waals surface area contributed by atoms with E-state index in [4.69, 9.17) is 18.9 Å². The third kappa shape index (κ3) is 5.50. The molecule has 0 amide bonds. The number of aliphatic hydroxyl groups is 1. The van der Waals surface area contributed by atoms with Crippen LogP contribution >= 0.6 is 0 Å². The number of allylic oxidation sites excluding steroid dienone is 1. The first kappa shape index (κ1) is 35.1. The van der Waals surface area contributed by atoms with Crippen LogP contribution in [-0.2, 0) is 30.3 Å². The van der Waals surface area contributed by atoms with Crippen LogP contribution in [0, 0.1) is 45.3 Å². The SMILES string of the molecule is C=CC1C2(CCC(OCC)C(O)CC)CC(C(C)CC)CC(C)(C3OCCO3)C(C(=O)OCc3ccccc3)(C(C)C)C12C. The van der Waals surface area contributed by atoms with E-state index in [-0.39, 0.29) is 35.9 Å². The van der Waals surface area contributed by atoms with Crippen molar-refractivity contribution in [1.82, 2.24) is 0 Å². The third-order valence-electron chi connectivity index (χ3n) is 12.5. The summed E-state index contributed by atoms with van der Waals surface area (Å²) in [5, 5.41) is 10.9. The summed E-state index contributed by atoms with van der Waals surface area (Å²) in [4.78, 5) is 15.2. The molecule has 3 fully saturated rings. The van der Waals surface area contributed by atoms with Crippen molar-refractivity contribution in [1.29, 1.82) is 0 Å². The van der Waals surface area contributed by atoms with Crippen molar-refractivity contribution in [2.75, 3.05) is 19.8 Å². The predicted molar refractivity (Wildman–Crippen MR) is 175 cm³/mol. The minimum Gasteiger partial charge on any atom is -0.460 e. The number of ether oxygens (including phenoxy) is 4. The van der Waals surface area contributed by atoms with Crippen LogP contribution in [0.1, 0.15) is 99.5 Å². The number of carbonyl (C=O) groups is 1. The monoisotopic (exact) mass is 612 g/mol. The van der Waals surface area contributed by atoms with Gasteiger partial charge in [0.1, 0.15) is 6.61 Å². The van der Waals surface area contributed by atoms with Crippen LogP contribution in [0.5, 0.6) is 0 Å². The number of aliphatic hydroxyl groups excluding tert-OH is 1. The molecule has 0 spiro atoms. The van der Waals surface area contributed by atoms with Gasteiger partial charge in [-0.25, -0.2) is 0 Å². The van der Waals surface area contributed by atoms with Crippen LogP contribution in [-0.4, -0.2) is 49.4 Å². The fraction of sp³-hybridized carbons (Fsp3) is 0.763. The summed E-state index contributed by atoms with van der Waals surface area (Å²) in [6.07, 6.45) is 5.93. The van der Waals surface area contributed by atoms with Crippen molar-refractivity contribution in [3.8, 4) is 0 Å². The van der Waals surface area contributed by atoms with Crippen LogP contribution in [0.25, 0.3) is 0 Å². The number of rotatable bonds is 15. The number of esters is 1. The maximum absolute atomic E-state index is 15.2. The Hall–Kier alpha value is -1.73. The van der Waals surface area contributed by atoms with Gasteiger partial charge >= 0.3 is 5.97 Å². The van der Waals surface area contributed by atoms with Crippen LogP contribution in [0.3, 0.4) is 0 Å². The molecule has 9 atom stereocenters. The second-order valence-electron chi connectivity index (χ2n) is 14.6. The van der Waals surface area contributed by atoms with Gasteiger partial charge in [0.25, 0.3) is 0 Å². The zero-order chi connectivity index (χ0) is 32.3. The van der Waals surface area contributed by atoms with E-state index in [1.165, 1.54) is 0 Å². The maximum atomic E-state index is 15.2. The Balaban J connectivity index is 1.91. The second-order valence-corrected chi connectivity index (χ2v) is 14.6. The summed E-state index contributed by atoms with van der Waals surface area (Å²) in [6.45, 7) is 23.8. The Morgan fingerprint density at radius 3 is 2.27 bits per heavy atom. The van der Waals surface area contributed by atoms with Gasteiger partial charge in [0.2, 0.25) is 0 Å². The molecule has 6 heteroatoms. The molecule has 0 radical (unpaired) electrons. The van der Waals surface area contributed by atoms with Crippen molar-refractivity contribution in [2.45, 2.75) is 119 Å². The van der Waals surface area contributed by atoms with Crippen LogP contribution in [0.2, 0.25) is 0 Å². The van der Waals surface area contributed by atoms with Crippen molar-refractivity contribution in [2.24, 2.45) is 45.3 Å². The van der Waals surface area contributed by atoms with E-state index in [1.54, 1.807) is 0 Å². The summed E-state index contributed by atoms with van der Waals surface area (Å²) in [6, 6.07) is 9.95. The minimum absolute atomic E-state index is 0.0579. The Morgan fingerprint density at radius 1 is 1.07 bits per heavy atom. The topological polar surface area (TPSA) is 74.2 Å². The van der Waals surface area contributed by atoms with E-state index in [2.05, 4.69) is 54.2 Å². The zero-order valence-corrected chi connectivity index (χ0v) is 28.8. The van der Waals surface area contributed by atoms with Crippen LogP contribution in [0.4, 0.5) is 0 Å². The molecule has 0 aromatic heterocycles. The second kappa shape index (κ2) is 13.9. The summed E-state index contributed by atoms with van der Waals surface area (Å²) >= 11 is 0. The molecule has 2 saturated carbocycles. The summed E-state index contributed by atoms with van der Waals surface area (Å²) in [7, 11) is 0. The smallest absolute Gasteiger partial charge is 0.314 e. The average molecular weight is 613 g/mol. The van der Waals surface area contributed by atoms with Crippen molar-refractivity contribution >= 4 is 5.97 Å². The van der Waals surface area contributed by atoms with Gasteiger partial charge in [-0.15, -0.1) is 6.58 Å². The van der Waals surface area contributed by atoms with Crippen molar-refractivity contribution in [3.63, 3.8) is 0 Å². The summed E-state index contributed by atoms with van der Waals surface area (Å²) in [5.41, 5.74) is -1.27. The molecule has 1 aromatic rings. The lowest BCUT2D eigenvalue weighted by Crippen LogP contribution is -2.61. The molecule has 6 nitrogen and oxygen atoms in total. The molecule has 4 rings (SSSR count). The number of carbonyl (C=O) groups excluding carboxylic acids is 1. The first-order chi connectivity index (χ1) is 20.9. The Kier molecular flexibility index (Phi) is 11.1. The van der Waals surface area contributed by atoms with Gasteiger partial charge in [-0.3, -0.25) is 4.79 Å². The number of hydrogen-bond donors (Lipinski definition) is 1. The van der Waals surface area contributed by atoms with Gasteiger partial charge in [-0.2, -0.15) is 0 Å². The molecule has 2 aliphatic carbocycles. The van der Waals surface area contributed by atoms with Gasteiger partial charge in [-0.05, 0) is 79.1 Å². The lowest BCUT2D eigenvalue weighted by Gasteiger charge is -2.56. The molecule has 1 N–H and O–H groups in total. The van der Waals surface area contributed by atoms with E-state index in [0.29, 0.717) is 38.1 Å². The van der Waals surface area contributed by atoms with Crippen LogP contribution in [0.15, 0.2) is 43.0 Å². The molecule has 248 valence electrons.